The largest absolute Gasteiger partial charge is 0.334 e. The van der Waals surface area contributed by atoms with E-state index in [0.29, 0.717) is 5.56 Å². The summed E-state index contributed by atoms with van der Waals surface area (Å²) in [6.07, 6.45) is 1.74. The highest BCUT2D eigenvalue weighted by molar-refractivity contribution is 7.81. The molecular formula is C10H10N2OS. The number of carbonyl (C=O) groups is 1. The van der Waals surface area contributed by atoms with E-state index in [-0.39, 0.29) is 11.5 Å². The molecule has 3 nitrogen and oxygen atoms in total. The number of rotatable bonds is 2. The quantitative estimate of drug-likeness (QED) is 0.599. The summed E-state index contributed by atoms with van der Waals surface area (Å²) in [7, 11) is 1.93. The highest BCUT2D eigenvalue weighted by Gasteiger charge is 2.06. The molecule has 0 unspecified atom stereocenters. The number of nitrogens with zero attached hydrogens (tertiary/aromatic N) is 2. The van der Waals surface area contributed by atoms with Crippen molar-refractivity contribution in [2.24, 2.45) is 7.05 Å². The maximum Gasteiger partial charge on any atom is 0.172 e. The number of hydrogen-bond acceptors (Lipinski definition) is 3. The van der Waals surface area contributed by atoms with Crippen molar-refractivity contribution < 1.29 is 4.79 Å². The van der Waals surface area contributed by atoms with Crippen LogP contribution in [0.2, 0.25) is 0 Å². The minimum atomic E-state index is 0.0286. The van der Waals surface area contributed by atoms with Crippen LogP contribution in [0.3, 0.4) is 0 Å². The summed E-state index contributed by atoms with van der Waals surface area (Å²) >= 11 is 3.95. The van der Waals surface area contributed by atoms with E-state index < -0.39 is 0 Å². The number of thiol groups is 1. The molecule has 0 aliphatic heterocycles. The molecule has 72 valence electrons. The molecule has 0 saturated heterocycles. The van der Waals surface area contributed by atoms with E-state index in [2.05, 4.69) is 17.6 Å². The van der Waals surface area contributed by atoms with Crippen LogP contribution in [-0.4, -0.2) is 21.1 Å². The third kappa shape index (κ3) is 1.42. The second kappa shape index (κ2) is 3.46. The molecule has 0 bridgehead atoms. The summed E-state index contributed by atoms with van der Waals surface area (Å²) in [6.45, 7) is 0. The lowest BCUT2D eigenvalue weighted by Gasteiger charge is -1.98. The Labute approximate surface area is 87.2 Å². The molecule has 0 amide bonds. The zero-order valence-electron chi connectivity index (χ0n) is 7.77. The third-order valence-corrected chi connectivity index (χ3v) is 2.48. The van der Waals surface area contributed by atoms with Crippen LogP contribution in [0, 0.1) is 0 Å². The normalized spacial score (nSPS) is 10.7. The van der Waals surface area contributed by atoms with Crippen molar-refractivity contribution in [1.29, 1.82) is 0 Å². The van der Waals surface area contributed by atoms with Crippen LogP contribution in [-0.2, 0) is 7.05 Å². The van der Waals surface area contributed by atoms with Crippen molar-refractivity contribution in [2.45, 2.75) is 0 Å². The van der Waals surface area contributed by atoms with E-state index in [1.54, 1.807) is 12.4 Å². The Balaban J connectivity index is 2.57. The maximum absolute atomic E-state index is 11.4. The minimum Gasteiger partial charge on any atom is -0.334 e. The number of ketones is 1. The second-order valence-electron chi connectivity index (χ2n) is 3.14. The van der Waals surface area contributed by atoms with Gasteiger partial charge in [-0.2, -0.15) is 12.6 Å². The van der Waals surface area contributed by atoms with E-state index >= 15 is 0 Å². The predicted molar refractivity (Wildman–Crippen MR) is 58.9 cm³/mol. The van der Waals surface area contributed by atoms with Gasteiger partial charge in [-0.1, -0.05) is 0 Å². The first-order valence-corrected chi connectivity index (χ1v) is 4.91. The molecule has 0 fully saturated rings. The maximum atomic E-state index is 11.4. The summed E-state index contributed by atoms with van der Waals surface area (Å²) in [5.74, 6) is 0.263. The first-order valence-electron chi connectivity index (χ1n) is 4.27. The molecule has 0 aliphatic carbocycles. The van der Waals surface area contributed by atoms with Gasteiger partial charge in [-0.25, -0.2) is 4.98 Å². The molecule has 1 heterocycles. The molecular weight excluding hydrogens is 196 g/mol. The number of aromatic nitrogens is 2. The summed E-state index contributed by atoms with van der Waals surface area (Å²) in [5.41, 5.74) is 2.55. The van der Waals surface area contributed by atoms with Gasteiger partial charge in [0.15, 0.2) is 5.78 Å². The second-order valence-corrected chi connectivity index (χ2v) is 3.46. The van der Waals surface area contributed by atoms with Crippen molar-refractivity contribution >= 4 is 29.4 Å². The van der Waals surface area contributed by atoms with E-state index in [1.807, 2.05) is 23.7 Å². The fourth-order valence-electron chi connectivity index (χ4n) is 1.40. The monoisotopic (exact) mass is 206 g/mol. The zero-order chi connectivity index (χ0) is 10.1. The zero-order valence-corrected chi connectivity index (χ0v) is 8.66. The smallest absolute Gasteiger partial charge is 0.172 e. The Hall–Kier alpha value is -1.29. The molecule has 0 aliphatic rings. The van der Waals surface area contributed by atoms with Crippen molar-refractivity contribution in [1.82, 2.24) is 9.55 Å². The average Bonchev–Trinajstić information content (AvgIpc) is 2.59. The standard InChI is InChI=1S/C10H10N2OS/c1-12-6-11-8-4-7(10(13)5-14)2-3-9(8)12/h2-4,6,14H,5H2,1H3. The van der Waals surface area contributed by atoms with E-state index in [4.69, 9.17) is 0 Å². The van der Waals surface area contributed by atoms with Gasteiger partial charge in [0.2, 0.25) is 0 Å². The lowest BCUT2D eigenvalue weighted by atomic mass is 10.1. The third-order valence-electron chi connectivity index (χ3n) is 2.19. The van der Waals surface area contributed by atoms with Crippen LogP contribution < -0.4 is 0 Å². The molecule has 2 rings (SSSR count). The van der Waals surface area contributed by atoms with Gasteiger partial charge in [-0.05, 0) is 18.2 Å². The molecule has 0 saturated carbocycles. The van der Waals surface area contributed by atoms with Crippen LogP contribution in [0.5, 0.6) is 0 Å². The van der Waals surface area contributed by atoms with Gasteiger partial charge in [-0.3, -0.25) is 4.79 Å². The lowest BCUT2D eigenvalue weighted by molar-refractivity contribution is 0.102. The molecule has 0 N–H and O–H groups in total. The van der Waals surface area contributed by atoms with Gasteiger partial charge >= 0.3 is 0 Å². The lowest BCUT2D eigenvalue weighted by Crippen LogP contribution is -1.99. The molecule has 1 aromatic heterocycles. The van der Waals surface area contributed by atoms with Crippen molar-refractivity contribution in [3.63, 3.8) is 0 Å². The fraction of sp³-hybridized carbons (Fsp3) is 0.200. The molecule has 2 aromatic rings. The molecule has 0 spiro atoms. The van der Waals surface area contributed by atoms with Crippen LogP contribution >= 0.6 is 12.6 Å². The Kier molecular flexibility index (Phi) is 2.29. The Morgan fingerprint density at radius 3 is 3.07 bits per heavy atom. The average molecular weight is 206 g/mol. The van der Waals surface area contributed by atoms with Gasteiger partial charge in [0.05, 0.1) is 23.1 Å². The number of fused-ring (bicyclic) bond motifs is 1. The first kappa shape index (κ1) is 9.27. The SMILES string of the molecule is Cn1cnc2cc(C(=O)CS)ccc21. The van der Waals surface area contributed by atoms with Crippen molar-refractivity contribution in [3.8, 4) is 0 Å². The number of Topliss-reactive ketones (excluding diaryl/α,β-unsaturated/α-hetero) is 1. The van der Waals surface area contributed by atoms with Gasteiger partial charge in [-0.15, -0.1) is 0 Å². The Morgan fingerprint density at radius 2 is 2.36 bits per heavy atom. The van der Waals surface area contributed by atoms with Gasteiger partial charge in [0.25, 0.3) is 0 Å². The summed E-state index contributed by atoms with van der Waals surface area (Å²) < 4.78 is 1.92. The Morgan fingerprint density at radius 1 is 1.57 bits per heavy atom. The first-order chi connectivity index (χ1) is 6.72. The number of carbonyl (C=O) groups excluding carboxylic acids is 1. The number of hydrogen-bond donors (Lipinski definition) is 1. The minimum absolute atomic E-state index is 0.0286. The molecule has 1 aromatic carbocycles. The van der Waals surface area contributed by atoms with Gasteiger partial charge in [0.1, 0.15) is 0 Å². The van der Waals surface area contributed by atoms with Crippen LogP contribution in [0.25, 0.3) is 11.0 Å². The highest BCUT2D eigenvalue weighted by Crippen LogP contribution is 2.14. The van der Waals surface area contributed by atoms with E-state index in [1.165, 1.54) is 0 Å². The fourth-order valence-corrected chi connectivity index (χ4v) is 1.58. The molecule has 0 radical (unpaired) electrons. The van der Waals surface area contributed by atoms with Crippen LogP contribution in [0.4, 0.5) is 0 Å². The van der Waals surface area contributed by atoms with Crippen LogP contribution in [0.1, 0.15) is 10.4 Å². The molecule has 0 atom stereocenters. The topological polar surface area (TPSA) is 34.9 Å². The predicted octanol–water partition coefficient (Wildman–Crippen LogP) is 1.69. The van der Waals surface area contributed by atoms with Crippen LogP contribution in [0.15, 0.2) is 24.5 Å². The van der Waals surface area contributed by atoms with Crippen molar-refractivity contribution in [2.75, 3.05) is 5.75 Å². The molecule has 14 heavy (non-hydrogen) atoms. The Bertz CT molecular complexity index is 490. The summed E-state index contributed by atoms with van der Waals surface area (Å²) in [6, 6.07) is 5.51. The van der Waals surface area contributed by atoms with Gasteiger partial charge < -0.3 is 4.57 Å². The number of benzene rings is 1. The van der Waals surface area contributed by atoms with Gasteiger partial charge in [0, 0.05) is 12.6 Å². The highest BCUT2D eigenvalue weighted by atomic mass is 32.1. The number of aryl methyl sites for hydroxylation is 1. The van der Waals surface area contributed by atoms with E-state index in [9.17, 15) is 4.79 Å². The molecule has 4 heteroatoms. The van der Waals surface area contributed by atoms with Crippen molar-refractivity contribution in [3.05, 3.63) is 30.1 Å². The van der Waals surface area contributed by atoms with E-state index in [0.717, 1.165) is 11.0 Å². The number of imidazole rings is 1. The summed E-state index contributed by atoms with van der Waals surface area (Å²) in [5, 5.41) is 0. The summed E-state index contributed by atoms with van der Waals surface area (Å²) in [4.78, 5) is 15.5.